The maximum atomic E-state index is 11.5. The number of primary amides is 1. The van der Waals surface area contributed by atoms with Crippen LogP contribution >= 0.6 is 0 Å². The van der Waals surface area contributed by atoms with Gasteiger partial charge in [-0.15, -0.1) is 0 Å². The topological polar surface area (TPSA) is 60.4 Å². The second-order valence-electron chi connectivity index (χ2n) is 5.73. The summed E-state index contributed by atoms with van der Waals surface area (Å²) in [6.07, 6.45) is 2.10. The molecular weight excluding hydrogens is 274 g/mol. The highest BCUT2D eigenvalue weighted by Crippen LogP contribution is 2.27. The predicted octanol–water partition coefficient (Wildman–Crippen LogP) is 2.95. The van der Waals surface area contributed by atoms with Crippen molar-refractivity contribution in [3.8, 4) is 11.3 Å². The van der Waals surface area contributed by atoms with E-state index in [9.17, 15) is 4.79 Å². The first-order chi connectivity index (χ1) is 10.5. The van der Waals surface area contributed by atoms with Crippen LogP contribution in [0.25, 0.3) is 16.9 Å². The molecule has 0 radical (unpaired) electrons. The van der Waals surface area contributed by atoms with Crippen molar-refractivity contribution in [2.75, 3.05) is 0 Å². The fourth-order valence-electron chi connectivity index (χ4n) is 2.71. The summed E-state index contributed by atoms with van der Waals surface area (Å²) in [5, 5.41) is 0. The van der Waals surface area contributed by atoms with E-state index in [1.165, 1.54) is 11.1 Å². The Morgan fingerprint density at radius 1 is 1.14 bits per heavy atom. The van der Waals surface area contributed by atoms with E-state index in [1.807, 2.05) is 35.7 Å². The third kappa shape index (κ3) is 2.37. The van der Waals surface area contributed by atoms with E-state index in [0.29, 0.717) is 0 Å². The fraction of sp³-hybridized carbons (Fsp3) is 0.222. The van der Waals surface area contributed by atoms with Crippen molar-refractivity contribution in [3.63, 3.8) is 0 Å². The monoisotopic (exact) mass is 293 g/mol. The third-order valence-corrected chi connectivity index (χ3v) is 4.07. The minimum absolute atomic E-state index is 0.173. The lowest BCUT2D eigenvalue weighted by Gasteiger charge is -2.06. The Morgan fingerprint density at radius 3 is 2.59 bits per heavy atom. The van der Waals surface area contributed by atoms with Crippen molar-refractivity contribution >= 4 is 11.6 Å². The van der Waals surface area contributed by atoms with Crippen LogP contribution in [-0.2, 0) is 11.2 Å². The molecule has 0 unspecified atom stereocenters. The molecule has 0 atom stereocenters. The lowest BCUT2D eigenvalue weighted by atomic mass is 10.0. The first-order valence-electron chi connectivity index (χ1n) is 7.30. The Morgan fingerprint density at radius 2 is 1.91 bits per heavy atom. The highest BCUT2D eigenvalue weighted by Gasteiger charge is 2.17. The number of benzene rings is 1. The first-order valence-corrected chi connectivity index (χ1v) is 7.30. The zero-order chi connectivity index (χ0) is 15.9. The van der Waals surface area contributed by atoms with Gasteiger partial charge in [0.2, 0.25) is 5.91 Å². The average Bonchev–Trinajstić information content (AvgIpc) is 2.82. The van der Waals surface area contributed by atoms with Gasteiger partial charge in [0, 0.05) is 11.8 Å². The quantitative estimate of drug-likeness (QED) is 0.807. The summed E-state index contributed by atoms with van der Waals surface area (Å²) in [5.74, 6) is -0.353. The van der Waals surface area contributed by atoms with Crippen LogP contribution in [0, 0.1) is 20.8 Å². The van der Waals surface area contributed by atoms with E-state index in [4.69, 9.17) is 10.7 Å². The molecule has 0 bridgehead atoms. The van der Waals surface area contributed by atoms with Crippen LogP contribution in [0.1, 0.15) is 22.4 Å². The number of carbonyl (C=O) groups excluding carboxylic acids is 1. The molecule has 3 aromatic rings. The molecule has 0 fully saturated rings. The summed E-state index contributed by atoms with van der Waals surface area (Å²) < 4.78 is 1.96. The van der Waals surface area contributed by atoms with Crippen molar-refractivity contribution in [1.82, 2.24) is 9.38 Å². The molecule has 1 amide bonds. The van der Waals surface area contributed by atoms with E-state index in [2.05, 4.69) is 26.0 Å². The van der Waals surface area contributed by atoms with E-state index in [0.717, 1.165) is 28.2 Å². The molecule has 1 aromatic carbocycles. The molecule has 22 heavy (non-hydrogen) atoms. The van der Waals surface area contributed by atoms with Gasteiger partial charge in [0.25, 0.3) is 0 Å². The molecule has 4 heteroatoms. The molecule has 2 heterocycles. The van der Waals surface area contributed by atoms with Crippen LogP contribution in [0.5, 0.6) is 0 Å². The summed E-state index contributed by atoms with van der Waals surface area (Å²) in [6, 6.07) is 10.2. The molecular formula is C18H19N3O. The highest BCUT2D eigenvalue weighted by molar-refractivity contribution is 5.80. The summed E-state index contributed by atoms with van der Waals surface area (Å²) >= 11 is 0. The largest absolute Gasteiger partial charge is 0.369 e. The third-order valence-electron chi connectivity index (χ3n) is 4.07. The summed E-state index contributed by atoms with van der Waals surface area (Å²) in [4.78, 5) is 16.2. The molecule has 3 rings (SSSR count). The van der Waals surface area contributed by atoms with Crippen LogP contribution in [-0.4, -0.2) is 15.3 Å². The van der Waals surface area contributed by atoms with Crippen molar-refractivity contribution in [1.29, 1.82) is 0 Å². The first kappa shape index (κ1) is 14.3. The number of amides is 1. The molecule has 0 aliphatic heterocycles. The molecule has 0 spiro atoms. The van der Waals surface area contributed by atoms with Crippen molar-refractivity contribution < 1.29 is 4.79 Å². The van der Waals surface area contributed by atoms with Crippen LogP contribution in [0.3, 0.4) is 0 Å². The SMILES string of the molecule is Cc1ccc(-c2nc3c(C)cccn3c2CC(N)=O)cc1C. The van der Waals surface area contributed by atoms with Gasteiger partial charge < -0.3 is 10.1 Å². The van der Waals surface area contributed by atoms with E-state index in [-0.39, 0.29) is 12.3 Å². The summed E-state index contributed by atoms with van der Waals surface area (Å²) in [7, 11) is 0. The van der Waals surface area contributed by atoms with Gasteiger partial charge in [-0.2, -0.15) is 0 Å². The smallest absolute Gasteiger partial charge is 0.223 e. The minimum Gasteiger partial charge on any atom is -0.369 e. The van der Waals surface area contributed by atoms with Crippen molar-refractivity contribution in [2.45, 2.75) is 27.2 Å². The molecule has 0 aliphatic carbocycles. The van der Waals surface area contributed by atoms with Gasteiger partial charge in [-0.25, -0.2) is 4.98 Å². The van der Waals surface area contributed by atoms with Gasteiger partial charge in [0.1, 0.15) is 5.65 Å². The number of aryl methyl sites for hydroxylation is 3. The molecule has 4 nitrogen and oxygen atoms in total. The molecule has 0 aliphatic rings. The summed E-state index contributed by atoms with van der Waals surface area (Å²) in [6.45, 7) is 6.17. The minimum atomic E-state index is -0.353. The van der Waals surface area contributed by atoms with Crippen LogP contribution in [0.2, 0.25) is 0 Å². The maximum absolute atomic E-state index is 11.5. The number of nitrogens with zero attached hydrogens (tertiary/aromatic N) is 2. The fourth-order valence-corrected chi connectivity index (χ4v) is 2.71. The van der Waals surface area contributed by atoms with Crippen LogP contribution in [0.15, 0.2) is 36.5 Å². The van der Waals surface area contributed by atoms with Gasteiger partial charge in [-0.05, 0) is 49.6 Å². The number of carbonyl (C=O) groups is 1. The van der Waals surface area contributed by atoms with E-state index in [1.54, 1.807) is 0 Å². The van der Waals surface area contributed by atoms with Crippen LogP contribution in [0.4, 0.5) is 0 Å². The number of hydrogen-bond acceptors (Lipinski definition) is 2. The highest BCUT2D eigenvalue weighted by atomic mass is 16.1. The molecule has 0 saturated carbocycles. The lowest BCUT2D eigenvalue weighted by Crippen LogP contribution is -2.15. The Hall–Kier alpha value is -2.62. The van der Waals surface area contributed by atoms with Crippen molar-refractivity contribution in [2.24, 2.45) is 5.73 Å². The van der Waals surface area contributed by atoms with Gasteiger partial charge >= 0.3 is 0 Å². The molecule has 2 aromatic heterocycles. The molecule has 112 valence electrons. The Labute approximate surface area is 129 Å². The van der Waals surface area contributed by atoms with E-state index >= 15 is 0 Å². The molecule has 2 N–H and O–H groups in total. The standard InChI is InChI=1S/C18H19N3O/c1-11-6-7-14(9-13(11)3)17-15(10-16(19)22)21-8-4-5-12(2)18(21)20-17/h4-9H,10H2,1-3H3,(H2,19,22). The van der Waals surface area contributed by atoms with Gasteiger partial charge in [0.15, 0.2) is 0 Å². The Kier molecular flexibility index (Phi) is 3.45. The van der Waals surface area contributed by atoms with E-state index < -0.39 is 0 Å². The molecule has 0 saturated heterocycles. The lowest BCUT2D eigenvalue weighted by molar-refractivity contribution is -0.117. The maximum Gasteiger partial charge on any atom is 0.223 e. The summed E-state index contributed by atoms with van der Waals surface area (Å²) in [5.41, 5.74) is 12.5. The predicted molar refractivity (Wildman–Crippen MR) is 87.7 cm³/mol. The number of nitrogens with two attached hydrogens (primary N) is 1. The van der Waals surface area contributed by atoms with Gasteiger partial charge in [-0.1, -0.05) is 18.2 Å². The zero-order valence-electron chi connectivity index (χ0n) is 13.1. The Balaban J connectivity index is 2.29. The Bertz CT molecular complexity index is 877. The average molecular weight is 293 g/mol. The second kappa shape index (κ2) is 5.30. The van der Waals surface area contributed by atoms with Gasteiger partial charge in [0.05, 0.1) is 17.8 Å². The number of hydrogen-bond donors (Lipinski definition) is 1. The van der Waals surface area contributed by atoms with Crippen molar-refractivity contribution in [3.05, 3.63) is 58.9 Å². The normalized spacial score (nSPS) is 11.0. The number of aromatic nitrogens is 2. The van der Waals surface area contributed by atoms with Crippen LogP contribution < -0.4 is 5.73 Å². The number of pyridine rings is 1. The second-order valence-corrected chi connectivity index (χ2v) is 5.73. The zero-order valence-corrected chi connectivity index (χ0v) is 13.1. The number of fused-ring (bicyclic) bond motifs is 1. The van der Waals surface area contributed by atoms with Gasteiger partial charge in [-0.3, -0.25) is 4.79 Å². The number of rotatable bonds is 3. The number of imidazole rings is 1.